The van der Waals surface area contributed by atoms with Gasteiger partial charge in [-0.1, -0.05) is 28.9 Å². The van der Waals surface area contributed by atoms with Crippen LogP contribution in [0, 0.1) is 5.92 Å². The van der Waals surface area contributed by atoms with Gasteiger partial charge in [0.1, 0.15) is 5.82 Å². The number of benzene rings is 2. The Bertz CT molecular complexity index is 1000. The van der Waals surface area contributed by atoms with Crippen LogP contribution in [-0.2, 0) is 13.6 Å². The van der Waals surface area contributed by atoms with Crippen molar-refractivity contribution in [1.29, 1.82) is 0 Å². The quantitative estimate of drug-likeness (QED) is 0.632. The number of carbonyl (C=O) groups is 1. The molecule has 1 aromatic heterocycles. The van der Waals surface area contributed by atoms with E-state index >= 15 is 0 Å². The number of carbonyl (C=O) groups excluding carboxylic acids is 1. The average molecular weight is 441 g/mol. The monoisotopic (exact) mass is 440 g/mol. The van der Waals surface area contributed by atoms with Crippen LogP contribution in [0.4, 0.5) is 5.69 Å². The van der Waals surface area contributed by atoms with Gasteiger partial charge in [-0.2, -0.15) is 0 Å². The van der Waals surface area contributed by atoms with Gasteiger partial charge in [0.05, 0.1) is 17.6 Å². The van der Waals surface area contributed by atoms with Crippen molar-refractivity contribution < 1.29 is 4.79 Å². The molecule has 1 N–H and O–H groups in total. The minimum Gasteiger partial charge on any atom is -0.330 e. The lowest BCUT2D eigenvalue weighted by atomic mass is 9.99. The van der Waals surface area contributed by atoms with Crippen molar-refractivity contribution in [3.63, 3.8) is 0 Å². The van der Waals surface area contributed by atoms with Crippen LogP contribution >= 0.6 is 15.9 Å². The van der Waals surface area contributed by atoms with Crippen LogP contribution in [0.5, 0.6) is 0 Å². The normalized spacial score (nSPS) is 15.8. The third-order valence-electron chi connectivity index (χ3n) is 5.56. The van der Waals surface area contributed by atoms with E-state index in [1.54, 1.807) is 6.07 Å². The number of amides is 1. The molecular formula is C22H25BrN4O. The largest absolute Gasteiger partial charge is 0.330 e. The van der Waals surface area contributed by atoms with Crippen LogP contribution in [0.1, 0.15) is 35.9 Å². The minimum atomic E-state index is -0.126. The van der Waals surface area contributed by atoms with Gasteiger partial charge in [-0.15, -0.1) is 0 Å². The number of imidazole rings is 1. The van der Waals surface area contributed by atoms with E-state index in [-0.39, 0.29) is 5.91 Å². The summed E-state index contributed by atoms with van der Waals surface area (Å²) in [6.45, 7) is 5.48. The van der Waals surface area contributed by atoms with Crippen LogP contribution in [0.3, 0.4) is 0 Å². The van der Waals surface area contributed by atoms with Crippen LogP contribution in [0.2, 0.25) is 0 Å². The maximum Gasteiger partial charge on any atom is 0.255 e. The molecule has 5 nitrogen and oxygen atoms in total. The molecule has 146 valence electrons. The first-order chi connectivity index (χ1) is 13.5. The molecule has 0 radical (unpaired) electrons. The van der Waals surface area contributed by atoms with Gasteiger partial charge < -0.3 is 9.88 Å². The maximum atomic E-state index is 12.5. The molecule has 2 heterocycles. The third-order valence-corrected chi connectivity index (χ3v) is 6.05. The summed E-state index contributed by atoms with van der Waals surface area (Å²) in [6.07, 6.45) is 2.52. The fraction of sp³-hybridized carbons (Fsp3) is 0.364. The van der Waals surface area contributed by atoms with Gasteiger partial charge >= 0.3 is 0 Å². The van der Waals surface area contributed by atoms with E-state index in [4.69, 9.17) is 4.98 Å². The summed E-state index contributed by atoms with van der Waals surface area (Å²) in [7, 11) is 2.07. The van der Waals surface area contributed by atoms with Crippen molar-refractivity contribution in [2.75, 3.05) is 18.4 Å². The van der Waals surface area contributed by atoms with E-state index in [0.717, 1.165) is 52.6 Å². The summed E-state index contributed by atoms with van der Waals surface area (Å²) in [5.41, 5.74) is 3.38. The van der Waals surface area contributed by atoms with E-state index in [2.05, 4.69) is 44.7 Å². The topological polar surface area (TPSA) is 50.2 Å². The lowest BCUT2D eigenvalue weighted by Crippen LogP contribution is -2.33. The summed E-state index contributed by atoms with van der Waals surface area (Å²) >= 11 is 3.41. The van der Waals surface area contributed by atoms with Crippen molar-refractivity contribution >= 4 is 38.6 Å². The zero-order valence-electron chi connectivity index (χ0n) is 16.3. The maximum absolute atomic E-state index is 12.5. The summed E-state index contributed by atoms with van der Waals surface area (Å²) in [5.74, 6) is 1.77. The molecule has 0 aliphatic carbocycles. The average Bonchev–Trinajstić information content (AvgIpc) is 2.98. The SMILES string of the molecule is CC1CCN(Cc2nc3cc(NC(=O)c4cccc(Br)c4)ccc3n2C)CC1. The van der Waals surface area contributed by atoms with Gasteiger partial charge in [0, 0.05) is 22.8 Å². The smallest absolute Gasteiger partial charge is 0.255 e. The molecule has 4 rings (SSSR count). The van der Waals surface area contributed by atoms with Gasteiger partial charge in [0.2, 0.25) is 0 Å². The highest BCUT2D eigenvalue weighted by molar-refractivity contribution is 9.10. The molecule has 0 saturated carbocycles. The number of halogens is 1. The molecule has 3 aromatic rings. The molecule has 1 aliphatic rings. The molecule has 0 bridgehead atoms. The molecule has 0 atom stereocenters. The molecule has 1 amide bonds. The van der Waals surface area contributed by atoms with Crippen LogP contribution in [0.25, 0.3) is 11.0 Å². The fourth-order valence-electron chi connectivity index (χ4n) is 3.72. The van der Waals surface area contributed by atoms with E-state index in [9.17, 15) is 4.79 Å². The van der Waals surface area contributed by atoms with Crippen LogP contribution in [0.15, 0.2) is 46.9 Å². The lowest BCUT2D eigenvalue weighted by Gasteiger charge is -2.29. The van der Waals surface area contributed by atoms with E-state index in [1.165, 1.54) is 12.8 Å². The van der Waals surface area contributed by atoms with Gasteiger partial charge in [-0.25, -0.2) is 4.98 Å². The van der Waals surface area contributed by atoms with Crippen LogP contribution in [-0.4, -0.2) is 33.4 Å². The number of hydrogen-bond acceptors (Lipinski definition) is 3. The van der Waals surface area contributed by atoms with Crippen molar-refractivity contribution in [2.45, 2.75) is 26.3 Å². The van der Waals surface area contributed by atoms with Crippen LogP contribution < -0.4 is 5.32 Å². The molecule has 1 fully saturated rings. The number of rotatable bonds is 4. The van der Waals surface area contributed by atoms with Crippen molar-refractivity contribution in [3.8, 4) is 0 Å². The number of anilines is 1. The fourth-order valence-corrected chi connectivity index (χ4v) is 4.12. The second-order valence-corrected chi connectivity index (χ2v) is 8.63. The molecule has 0 unspecified atom stereocenters. The number of piperidine rings is 1. The first-order valence-electron chi connectivity index (χ1n) is 9.74. The summed E-state index contributed by atoms with van der Waals surface area (Å²) in [5, 5.41) is 2.97. The molecular weight excluding hydrogens is 416 g/mol. The van der Waals surface area contributed by atoms with Crippen molar-refractivity contribution in [2.24, 2.45) is 13.0 Å². The summed E-state index contributed by atoms with van der Waals surface area (Å²) in [4.78, 5) is 19.8. The Morgan fingerprint density at radius 1 is 1.21 bits per heavy atom. The Morgan fingerprint density at radius 2 is 2.00 bits per heavy atom. The highest BCUT2D eigenvalue weighted by Gasteiger charge is 2.18. The number of fused-ring (bicyclic) bond motifs is 1. The standard InChI is InChI=1S/C22H25BrN4O/c1-15-8-10-27(11-9-15)14-21-25-19-13-18(6-7-20(19)26(21)2)24-22(28)16-4-3-5-17(23)12-16/h3-7,12-13,15H,8-11,14H2,1-2H3,(H,24,28). The number of hydrogen-bond donors (Lipinski definition) is 1. The molecule has 6 heteroatoms. The molecule has 2 aromatic carbocycles. The second kappa shape index (κ2) is 8.05. The Kier molecular flexibility index (Phi) is 5.51. The Hall–Kier alpha value is -2.18. The zero-order chi connectivity index (χ0) is 19.7. The first kappa shape index (κ1) is 19.2. The number of likely N-dealkylation sites (tertiary alicyclic amines) is 1. The third kappa shape index (κ3) is 4.13. The second-order valence-electron chi connectivity index (χ2n) is 7.71. The van der Waals surface area contributed by atoms with Crippen molar-refractivity contribution in [1.82, 2.24) is 14.5 Å². The highest BCUT2D eigenvalue weighted by Crippen LogP contribution is 2.23. The molecule has 0 spiro atoms. The van der Waals surface area contributed by atoms with Gasteiger partial charge in [0.25, 0.3) is 5.91 Å². The van der Waals surface area contributed by atoms with Gasteiger partial charge in [0.15, 0.2) is 0 Å². The summed E-state index contributed by atoms with van der Waals surface area (Å²) in [6, 6.07) is 13.3. The number of aromatic nitrogens is 2. The van der Waals surface area contributed by atoms with Gasteiger partial charge in [-0.05, 0) is 68.2 Å². The number of nitrogens with one attached hydrogen (secondary N) is 1. The summed E-state index contributed by atoms with van der Waals surface area (Å²) < 4.78 is 3.05. The van der Waals surface area contributed by atoms with E-state index < -0.39 is 0 Å². The molecule has 28 heavy (non-hydrogen) atoms. The first-order valence-corrected chi connectivity index (χ1v) is 10.5. The van der Waals surface area contributed by atoms with E-state index in [0.29, 0.717) is 5.56 Å². The van der Waals surface area contributed by atoms with Gasteiger partial charge in [-0.3, -0.25) is 9.69 Å². The lowest BCUT2D eigenvalue weighted by molar-refractivity contribution is 0.102. The predicted octanol–water partition coefficient (Wildman–Crippen LogP) is 4.82. The number of aryl methyl sites for hydroxylation is 1. The predicted molar refractivity (Wildman–Crippen MR) is 116 cm³/mol. The highest BCUT2D eigenvalue weighted by atomic mass is 79.9. The molecule has 1 saturated heterocycles. The Labute approximate surface area is 173 Å². The van der Waals surface area contributed by atoms with Crippen molar-refractivity contribution in [3.05, 3.63) is 58.3 Å². The molecule has 1 aliphatic heterocycles. The van der Waals surface area contributed by atoms with E-state index in [1.807, 2.05) is 36.4 Å². The minimum absolute atomic E-state index is 0.126. The number of nitrogens with zero attached hydrogens (tertiary/aromatic N) is 3. The Morgan fingerprint density at radius 3 is 2.75 bits per heavy atom. The Balaban J connectivity index is 1.52. The zero-order valence-corrected chi connectivity index (χ0v) is 17.9.